The third-order valence-electron chi connectivity index (χ3n) is 2.29. The second-order valence-electron chi connectivity index (χ2n) is 3.63. The molecule has 2 rings (SSSR count). The summed E-state index contributed by atoms with van der Waals surface area (Å²) in [5, 5.41) is 11.5. The number of aromatic hydroxyl groups is 1. The van der Waals surface area contributed by atoms with Crippen LogP contribution in [0.5, 0.6) is 5.75 Å². The van der Waals surface area contributed by atoms with E-state index in [1.807, 2.05) is 0 Å². The number of hydrogen-bond acceptors (Lipinski definition) is 2. The second kappa shape index (κ2) is 5.18. The Morgan fingerprint density at radius 2 is 2.00 bits per heavy atom. The number of carbonyl (C=O) groups excluding carboxylic acids is 1. The zero-order valence-electron chi connectivity index (χ0n) is 9.15. The van der Waals surface area contributed by atoms with E-state index < -0.39 is 11.7 Å². The molecular weight excluding hydrogens is 301 g/mol. The fourth-order valence-electron chi connectivity index (χ4n) is 1.43. The molecule has 0 aliphatic rings. The van der Waals surface area contributed by atoms with Crippen LogP contribution in [0.4, 0.5) is 10.1 Å². The van der Waals surface area contributed by atoms with Gasteiger partial charge in [0.25, 0.3) is 5.91 Å². The molecule has 0 aliphatic carbocycles. The number of halogens is 2. The number of hydrogen-bond donors (Lipinski definition) is 2. The highest BCUT2D eigenvalue weighted by Crippen LogP contribution is 2.20. The van der Waals surface area contributed by atoms with Crippen LogP contribution >= 0.6 is 15.9 Å². The zero-order valence-corrected chi connectivity index (χ0v) is 10.7. The van der Waals surface area contributed by atoms with Gasteiger partial charge in [0, 0.05) is 16.1 Å². The van der Waals surface area contributed by atoms with Gasteiger partial charge in [0.2, 0.25) is 0 Å². The first-order chi connectivity index (χ1) is 8.56. The summed E-state index contributed by atoms with van der Waals surface area (Å²) in [6.45, 7) is 0. The van der Waals surface area contributed by atoms with Crippen LogP contribution in [0.1, 0.15) is 10.4 Å². The molecule has 0 unspecified atom stereocenters. The molecule has 92 valence electrons. The van der Waals surface area contributed by atoms with Gasteiger partial charge < -0.3 is 10.4 Å². The third-order valence-corrected chi connectivity index (χ3v) is 2.78. The molecule has 18 heavy (non-hydrogen) atoms. The van der Waals surface area contributed by atoms with Crippen molar-refractivity contribution < 1.29 is 14.3 Å². The van der Waals surface area contributed by atoms with Gasteiger partial charge in [-0.2, -0.15) is 0 Å². The van der Waals surface area contributed by atoms with Crippen LogP contribution in [-0.4, -0.2) is 11.0 Å². The fraction of sp³-hybridized carbons (Fsp3) is 0. The topological polar surface area (TPSA) is 49.3 Å². The lowest BCUT2D eigenvalue weighted by Gasteiger charge is -2.07. The summed E-state index contributed by atoms with van der Waals surface area (Å²) < 4.78 is 14.2. The number of benzene rings is 2. The lowest BCUT2D eigenvalue weighted by Crippen LogP contribution is -2.12. The predicted octanol–water partition coefficient (Wildman–Crippen LogP) is 3.55. The Labute approximate surface area is 111 Å². The van der Waals surface area contributed by atoms with Gasteiger partial charge in [0.1, 0.15) is 11.6 Å². The van der Waals surface area contributed by atoms with E-state index in [2.05, 4.69) is 21.2 Å². The van der Waals surface area contributed by atoms with Gasteiger partial charge in [-0.25, -0.2) is 4.39 Å². The number of nitrogens with one attached hydrogen (secondary N) is 1. The molecule has 1 amide bonds. The zero-order chi connectivity index (χ0) is 13.1. The van der Waals surface area contributed by atoms with Crippen molar-refractivity contribution in [2.45, 2.75) is 0 Å². The van der Waals surface area contributed by atoms with E-state index >= 15 is 0 Å². The lowest BCUT2D eigenvalue weighted by atomic mass is 10.2. The maximum absolute atomic E-state index is 13.4. The largest absolute Gasteiger partial charge is 0.508 e. The van der Waals surface area contributed by atoms with E-state index in [1.54, 1.807) is 24.3 Å². The van der Waals surface area contributed by atoms with E-state index in [0.29, 0.717) is 5.56 Å². The molecule has 2 aromatic rings. The molecule has 0 aliphatic heterocycles. The fourth-order valence-corrected chi connectivity index (χ4v) is 1.83. The predicted molar refractivity (Wildman–Crippen MR) is 70.2 cm³/mol. The van der Waals surface area contributed by atoms with Crippen molar-refractivity contribution in [3.63, 3.8) is 0 Å². The van der Waals surface area contributed by atoms with E-state index in [4.69, 9.17) is 5.11 Å². The third kappa shape index (κ3) is 2.87. The molecule has 2 aromatic carbocycles. The van der Waals surface area contributed by atoms with Crippen molar-refractivity contribution in [3.8, 4) is 5.75 Å². The smallest absolute Gasteiger partial charge is 0.255 e. The van der Waals surface area contributed by atoms with E-state index in [0.717, 1.165) is 10.5 Å². The molecule has 0 radical (unpaired) electrons. The SMILES string of the molecule is O=C(Nc1ccc(O)cc1F)c1cccc(Br)c1. The summed E-state index contributed by atoms with van der Waals surface area (Å²) in [6.07, 6.45) is 0. The summed E-state index contributed by atoms with van der Waals surface area (Å²) in [5.74, 6) is -1.29. The summed E-state index contributed by atoms with van der Waals surface area (Å²) in [5.41, 5.74) is 0.439. The summed E-state index contributed by atoms with van der Waals surface area (Å²) in [7, 11) is 0. The molecule has 0 atom stereocenters. The first kappa shape index (κ1) is 12.6. The van der Waals surface area contributed by atoms with Crippen LogP contribution in [0.2, 0.25) is 0 Å². The van der Waals surface area contributed by atoms with Crippen molar-refractivity contribution in [1.82, 2.24) is 0 Å². The van der Waals surface area contributed by atoms with Gasteiger partial charge in [-0.15, -0.1) is 0 Å². The van der Waals surface area contributed by atoms with Crippen LogP contribution in [-0.2, 0) is 0 Å². The number of phenolic OH excluding ortho intramolecular Hbond substituents is 1. The van der Waals surface area contributed by atoms with Gasteiger partial charge in [-0.3, -0.25) is 4.79 Å². The highest BCUT2D eigenvalue weighted by Gasteiger charge is 2.09. The van der Waals surface area contributed by atoms with Gasteiger partial charge in [0.05, 0.1) is 5.69 Å². The van der Waals surface area contributed by atoms with Crippen molar-refractivity contribution in [2.75, 3.05) is 5.32 Å². The number of phenols is 1. The molecule has 0 fully saturated rings. The minimum atomic E-state index is -0.682. The van der Waals surface area contributed by atoms with Crippen LogP contribution in [0, 0.1) is 5.82 Å². The van der Waals surface area contributed by atoms with Crippen LogP contribution in [0.15, 0.2) is 46.9 Å². The number of amides is 1. The molecule has 3 nitrogen and oxygen atoms in total. The average molecular weight is 310 g/mol. The van der Waals surface area contributed by atoms with Gasteiger partial charge in [-0.1, -0.05) is 22.0 Å². The Kier molecular flexibility index (Phi) is 3.62. The lowest BCUT2D eigenvalue weighted by molar-refractivity contribution is 0.102. The maximum Gasteiger partial charge on any atom is 0.255 e. The molecule has 5 heteroatoms. The minimum absolute atomic E-state index is 0.0257. The Balaban J connectivity index is 2.21. The Hall–Kier alpha value is -1.88. The molecule has 0 bridgehead atoms. The molecule has 0 aromatic heterocycles. The first-order valence-electron chi connectivity index (χ1n) is 5.12. The second-order valence-corrected chi connectivity index (χ2v) is 4.54. The van der Waals surface area contributed by atoms with Crippen molar-refractivity contribution in [1.29, 1.82) is 0 Å². The van der Waals surface area contributed by atoms with Gasteiger partial charge >= 0.3 is 0 Å². The molecule has 2 N–H and O–H groups in total. The number of carbonyl (C=O) groups is 1. The first-order valence-corrected chi connectivity index (χ1v) is 5.91. The monoisotopic (exact) mass is 309 g/mol. The highest BCUT2D eigenvalue weighted by atomic mass is 79.9. The van der Waals surface area contributed by atoms with Crippen molar-refractivity contribution in [2.24, 2.45) is 0 Å². The molecule has 0 saturated carbocycles. The molecule has 0 spiro atoms. The van der Waals surface area contributed by atoms with Crippen molar-refractivity contribution >= 4 is 27.5 Å². The molecular formula is C13H9BrFNO2. The quantitative estimate of drug-likeness (QED) is 0.834. The number of rotatable bonds is 2. The Morgan fingerprint density at radius 3 is 2.67 bits per heavy atom. The van der Waals surface area contributed by atoms with Crippen LogP contribution < -0.4 is 5.32 Å². The van der Waals surface area contributed by atoms with Gasteiger partial charge in [0.15, 0.2) is 0 Å². The molecule has 0 saturated heterocycles. The summed E-state index contributed by atoms with van der Waals surface area (Å²) in [6, 6.07) is 10.3. The van der Waals surface area contributed by atoms with E-state index in [-0.39, 0.29) is 11.4 Å². The number of anilines is 1. The van der Waals surface area contributed by atoms with Gasteiger partial charge in [-0.05, 0) is 30.3 Å². The summed E-state index contributed by atoms with van der Waals surface area (Å²) >= 11 is 3.25. The normalized spacial score (nSPS) is 10.1. The maximum atomic E-state index is 13.4. The highest BCUT2D eigenvalue weighted by molar-refractivity contribution is 9.10. The standard InChI is InChI=1S/C13H9BrFNO2/c14-9-3-1-2-8(6-9)13(18)16-12-5-4-10(17)7-11(12)15/h1-7,17H,(H,16,18). The van der Waals surface area contributed by atoms with Crippen molar-refractivity contribution in [3.05, 3.63) is 58.3 Å². The minimum Gasteiger partial charge on any atom is -0.508 e. The Morgan fingerprint density at radius 1 is 1.22 bits per heavy atom. The van der Waals surface area contributed by atoms with E-state index in [9.17, 15) is 9.18 Å². The summed E-state index contributed by atoms with van der Waals surface area (Å²) in [4.78, 5) is 11.8. The molecule has 0 heterocycles. The van der Waals surface area contributed by atoms with Crippen LogP contribution in [0.25, 0.3) is 0 Å². The van der Waals surface area contributed by atoms with Crippen LogP contribution in [0.3, 0.4) is 0 Å². The Bertz CT molecular complexity index is 601. The van der Waals surface area contributed by atoms with E-state index in [1.165, 1.54) is 12.1 Å². The average Bonchev–Trinajstić information content (AvgIpc) is 2.32.